The molecular formula is C14H12ClFN2O5. The van der Waals surface area contributed by atoms with Crippen molar-refractivity contribution in [2.24, 2.45) is 5.92 Å². The van der Waals surface area contributed by atoms with Crippen LogP contribution in [-0.4, -0.2) is 28.4 Å². The molecule has 0 saturated heterocycles. The molecule has 1 aliphatic rings. The van der Waals surface area contributed by atoms with Crippen LogP contribution in [-0.2, 0) is 0 Å². The summed E-state index contributed by atoms with van der Waals surface area (Å²) in [5.74, 6) is -1.79. The Balaban J connectivity index is 2.34. The monoisotopic (exact) mass is 342 g/mol. The SMILES string of the molecule is O=C(O)NCC1C=CC=CC1(Oc1ccc(Cl)c(F)c1)[N+](=O)[O-]. The number of hydrogen-bond donors (Lipinski definition) is 2. The minimum atomic E-state index is -2.06. The largest absolute Gasteiger partial charge is 0.465 e. The van der Waals surface area contributed by atoms with Gasteiger partial charge in [0.1, 0.15) is 17.5 Å². The number of rotatable bonds is 5. The molecule has 1 aromatic carbocycles. The molecule has 0 radical (unpaired) electrons. The minimum Gasteiger partial charge on any atom is -0.465 e. The van der Waals surface area contributed by atoms with Gasteiger partial charge < -0.3 is 15.2 Å². The van der Waals surface area contributed by atoms with Gasteiger partial charge >= 0.3 is 11.8 Å². The van der Waals surface area contributed by atoms with Crippen LogP contribution in [0, 0.1) is 21.8 Å². The summed E-state index contributed by atoms with van der Waals surface area (Å²) >= 11 is 5.57. The van der Waals surface area contributed by atoms with Crippen molar-refractivity contribution < 1.29 is 24.0 Å². The molecule has 1 aromatic rings. The summed E-state index contributed by atoms with van der Waals surface area (Å²) in [6, 6.07) is 3.44. The summed E-state index contributed by atoms with van der Waals surface area (Å²) < 4.78 is 18.9. The average molecular weight is 343 g/mol. The van der Waals surface area contributed by atoms with Crippen LogP contribution >= 0.6 is 11.6 Å². The van der Waals surface area contributed by atoms with Crippen molar-refractivity contribution in [2.45, 2.75) is 5.72 Å². The maximum atomic E-state index is 13.5. The number of nitrogens with zero attached hydrogens (tertiary/aromatic N) is 1. The molecule has 2 unspecified atom stereocenters. The van der Waals surface area contributed by atoms with E-state index >= 15 is 0 Å². The Morgan fingerprint density at radius 3 is 2.87 bits per heavy atom. The molecule has 23 heavy (non-hydrogen) atoms. The second-order valence-electron chi connectivity index (χ2n) is 4.72. The van der Waals surface area contributed by atoms with Gasteiger partial charge in [0.2, 0.25) is 0 Å². The third-order valence-electron chi connectivity index (χ3n) is 3.25. The van der Waals surface area contributed by atoms with Gasteiger partial charge in [-0.15, -0.1) is 0 Å². The summed E-state index contributed by atoms with van der Waals surface area (Å²) in [5, 5.41) is 22.2. The zero-order chi connectivity index (χ0) is 17.0. The van der Waals surface area contributed by atoms with E-state index in [0.29, 0.717) is 0 Å². The first-order valence-corrected chi connectivity index (χ1v) is 6.84. The smallest absolute Gasteiger partial charge is 0.404 e. The van der Waals surface area contributed by atoms with Gasteiger partial charge in [-0.3, -0.25) is 10.1 Å². The van der Waals surface area contributed by atoms with E-state index in [-0.39, 0.29) is 17.3 Å². The van der Waals surface area contributed by atoms with Gasteiger partial charge in [0, 0.05) is 18.7 Å². The van der Waals surface area contributed by atoms with Crippen LogP contribution in [0.5, 0.6) is 5.75 Å². The topological polar surface area (TPSA) is 102 Å². The van der Waals surface area contributed by atoms with Gasteiger partial charge in [-0.1, -0.05) is 29.8 Å². The van der Waals surface area contributed by atoms with Gasteiger partial charge in [0.25, 0.3) is 0 Å². The molecule has 0 saturated carbocycles. The summed E-state index contributed by atoms with van der Waals surface area (Å²) in [6.45, 7) is -0.243. The lowest BCUT2D eigenvalue weighted by molar-refractivity contribution is -0.608. The van der Waals surface area contributed by atoms with Crippen LogP contribution in [0.1, 0.15) is 0 Å². The van der Waals surface area contributed by atoms with Crippen LogP contribution < -0.4 is 10.1 Å². The fourth-order valence-electron chi connectivity index (χ4n) is 2.14. The predicted molar refractivity (Wildman–Crippen MR) is 79.6 cm³/mol. The summed E-state index contributed by atoms with van der Waals surface area (Å²) in [7, 11) is 0. The molecular weight excluding hydrogens is 331 g/mol. The Hall–Kier alpha value is -2.61. The van der Waals surface area contributed by atoms with Crippen molar-refractivity contribution >= 4 is 17.7 Å². The number of carboxylic acid groups (broad SMARTS) is 1. The molecule has 9 heteroatoms. The number of nitrogens with one attached hydrogen (secondary N) is 1. The van der Waals surface area contributed by atoms with E-state index in [4.69, 9.17) is 21.4 Å². The van der Waals surface area contributed by atoms with Crippen molar-refractivity contribution in [3.05, 3.63) is 63.5 Å². The molecule has 0 fully saturated rings. The highest BCUT2D eigenvalue weighted by Crippen LogP contribution is 2.32. The molecule has 0 bridgehead atoms. The maximum Gasteiger partial charge on any atom is 0.404 e. The van der Waals surface area contributed by atoms with E-state index in [0.717, 1.165) is 6.07 Å². The van der Waals surface area contributed by atoms with Crippen LogP contribution in [0.3, 0.4) is 0 Å². The van der Waals surface area contributed by atoms with E-state index in [2.05, 4.69) is 5.32 Å². The van der Waals surface area contributed by atoms with Crippen molar-refractivity contribution in [1.82, 2.24) is 5.32 Å². The van der Waals surface area contributed by atoms with Crippen molar-refractivity contribution in [3.8, 4) is 5.75 Å². The first-order valence-electron chi connectivity index (χ1n) is 6.46. The van der Waals surface area contributed by atoms with Crippen molar-refractivity contribution in [2.75, 3.05) is 6.54 Å². The molecule has 0 spiro atoms. The molecule has 1 aliphatic carbocycles. The van der Waals surface area contributed by atoms with Gasteiger partial charge in [0.15, 0.2) is 0 Å². The number of nitro groups is 1. The van der Waals surface area contributed by atoms with Gasteiger partial charge in [-0.05, 0) is 12.1 Å². The average Bonchev–Trinajstić information content (AvgIpc) is 2.49. The first-order chi connectivity index (χ1) is 10.8. The van der Waals surface area contributed by atoms with Crippen molar-refractivity contribution in [1.29, 1.82) is 0 Å². The second kappa shape index (κ2) is 6.66. The zero-order valence-corrected chi connectivity index (χ0v) is 12.4. The number of allylic oxidation sites excluding steroid dienone is 2. The number of halogens is 2. The lowest BCUT2D eigenvalue weighted by Crippen LogP contribution is -2.53. The van der Waals surface area contributed by atoms with E-state index in [9.17, 15) is 19.3 Å². The number of amides is 1. The maximum absolute atomic E-state index is 13.5. The number of carbonyl (C=O) groups is 1. The first kappa shape index (κ1) is 16.8. The van der Waals surface area contributed by atoms with Crippen LogP contribution in [0.15, 0.2) is 42.5 Å². The Labute approximate surface area is 135 Å². The normalized spacial score (nSPS) is 22.6. The summed E-state index contributed by atoms with van der Waals surface area (Å²) in [6.07, 6.45) is 4.27. The molecule has 0 aromatic heterocycles. The molecule has 0 heterocycles. The highest BCUT2D eigenvalue weighted by Gasteiger charge is 2.51. The quantitative estimate of drug-likeness (QED) is 0.486. The molecule has 1 amide bonds. The summed E-state index contributed by atoms with van der Waals surface area (Å²) in [4.78, 5) is 21.5. The molecule has 2 rings (SSSR count). The minimum absolute atomic E-state index is 0.0936. The molecule has 7 nitrogen and oxygen atoms in total. The van der Waals surface area contributed by atoms with Crippen LogP contribution in [0.2, 0.25) is 5.02 Å². The number of benzene rings is 1. The Bertz CT molecular complexity index is 694. The lowest BCUT2D eigenvalue weighted by atomic mass is 9.91. The van der Waals surface area contributed by atoms with Gasteiger partial charge in [0.05, 0.1) is 9.95 Å². The Morgan fingerprint density at radius 1 is 1.52 bits per heavy atom. The molecule has 0 aliphatic heterocycles. The molecule has 2 atom stereocenters. The van der Waals surface area contributed by atoms with E-state index < -0.39 is 28.5 Å². The van der Waals surface area contributed by atoms with E-state index in [1.807, 2.05) is 0 Å². The Morgan fingerprint density at radius 2 is 2.26 bits per heavy atom. The van der Waals surface area contributed by atoms with Gasteiger partial charge in [-0.2, -0.15) is 0 Å². The van der Waals surface area contributed by atoms with E-state index in [1.54, 1.807) is 6.08 Å². The zero-order valence-electron chi connectivity index (χ0n) is 11.6. The fraction of sp³-hybridized carbons (Fsp3) is 0.214. The molecule has 122 valence electrons. The fourth-order valence-corrected chi connectivity index (χ4v) is 2.25. The predicted octanol–water partition coefficient (Wildman–Crippen LogP) is 2.84. The Kier molecular flexibility index (Phi) is 4.85. The number of hydrogen-bond acceptors (Lipinski definition) is 4. The van der Waals surface area contributed by atoms with Crippen LogP contribution in [0.25, 0.3) is 0 Å². The molecule has 2 N–H and O–H groups in total. The lowest BCUT2D eigenvalue weighted by Gasteiger charge is -2.30. The van der Waals surface area contributed by atoms with Crippen molar-refractivity contribution in [3.63, 3.8) is 0 Å². The van der Waals surface area contributed by atoms with Gasteiger partial charge in [-0.25, -0.2) is 9.18 Å². The second-order valence-corrected chi connectivity index (χ2v) is 5.13. The summed E-state index contributed by atoms with van der Waals surface area (Å²) in [5.41, 5.74) is -2.06. The highest BCUT2D eigenvalue weighted by molar-refractivity contribution is 6.30. The van der Waals surface area contributed by atoms with E-state index in [1.165, 1.54) is 30.4 Å². The van der Waals surface area contributed by atoms with Crippen LogP contribution in [0.4, 0.5) is 9.18 Å². The third-order valence-corrected chi connectivity index (χ3v) is 3.56. The number of ether oxygens (including phenoxy) is 1. The highest BCUT2D eigenvalue weighted by atomic mass is 35.5. The third kappa shape index (κ3) is 3.59. The standard InChI is InChI=1S/C14H12ClFN2O5/c15-11-5-4-10(7-12(11)16)23-14(18(21)22)6-2-1-3-9(14)8-17-13(19)20/h1-7,9,17H,8H2,(H,19,20).